The molecule has 6 heteroatoms. The molecule has 32 heavy (non-hydrogen) atoms. The Kier molecular flexibility index (Phi) is 5.96. The maximum atomic E-state index is 13.5. The molecular formula is C26H30N2O4. The number of furan rings is 1. The number of ketones is 1. The van der Waals surface area contributed by atoms with E-state index >= 15 is 0 Å². The predicted molar refractivity (Wildman–Crippen MR) is 123 cm³/mol. The Hall–Kier alpha value is -3.28. The van der Waals surface area contributed by atoms with E-state index in [0.717, 1.165) is 16.9 Å². The molecule has 0 saturated heterocycles. The summed E-state index contributed by atoms with van der Waals surface area (Å²) < 4.78 is 11.2. The van der Waals surface area contributed by atoms with Crippen molar-refractivity contribution >= 4 is 17.4 Å². The van der Waals surface area contributed by atoms with E-state index in [2.05, 4.69) is 34.5 Å². The summed E-state index contributed by atoms with van der Waals surface area (Å²) in [6.45, 7) is 5.49. The average molecular weight is 435 g/mol. The third-order valence-corrected chi connectivity index (χ3v) is 6.10. The monoisotopic (exact) mass is 434 g/mol. The Morgan fingerprint density at radius 1 is 1.16 bits per heavy atom. The van der Waals surface area contributed by atoms with Crippen LogP contribution in [0.4, 0.5) is 5.69 Å². The largest absolute Gasteiger partial charge is 0.468 e. The molecule has 1 aliphatic heterocycles. The number of ether oxygens (including phenoxy) is 1. The van der Waals surface area contributed by atoms with E-state index in [1.807, 2.05) is 40.9 Å². The van der Waals surface area contributed by atoms with Crippen LogP contribution in [0.25, 0.3) is 0 Å². The smallest absolute Gasteiger partial charge is 0.337 e. The maximum Gasteiger partial charge on any atom is 0.337 e. The number of dihydropyridines is 1. The number of Topliss-reactive ketones (excluding diaryl/α,β-unsaturated/α-hetero) is 1. The van der Waals surface area contributed by atoms with E-state index in [0.29, 0.717) is 35.4 Å². The van der Waals surface area contributed by atoms with Crippen molar-refractivity contribution in [1.29, 1.82) is 0 Å². The lowest BCUT2D eigenvalue weighted by Gasteiger charge is -2.36. The molecule has 4 rings (SSSR count). The molecule has 0 amide bonds. The first-order chi connectivity index (χ1) is 15.3. The summed E-state index contributed by atoms with van der Waals surface area (Å²) in [7, 11) is 4.02. The van der Waals surface area contributed by atoms with Gasteiger partial charge in [0.25, 0.3) is 0 Å². The van der Waals surface area contributed by atoms with Gasteiger partial charge in [0.2, 0.25) is 0 Å². The number of hydrogen-bond acceptors (Lipinski definition) is 6. The van der Waals surface area contributed by atoms with Crippen molar-refractivity contribution in [2.75, 3.05) is 19.0 Å². The number of anilines is 1. The predicted octanol–water partition coefficient (Wildman–Crippen LogP) is 4.66. The summed E-state index contributed by atoms with van der Waals surface area (Å²) >= 11 is 0. The third kappa shape index (κ3) is 4.09. The van der Waals surface area contributed by atoms with Gasteiger partial charge in [-0.1, -0.05) is 12.1 Å². The van der Waals surface area contributed by atoms with Gasteiger partial charge in [-0.25, -0.2) is 4.79 Å². The molecule has 2 aromatic rings. The molecule has 2 heterocycles. The quantitative estimate of drug-likeness (QED) is 0.690. The van der Waals surface area contributed by atoms with Crippen LogP contribution in [-0.4, -0.2) is 32.0 Å². The molecule has 1 aromatic heterocycles. The highest BCUT2D eigenvalue weighted by Crippen LogP contribution is 2.46. The van der Waals surface area contributed by atoms with Crippen LogP contribution in [-0.2, 0) is 14.3 Å². The van der Waals surface area contributed by atoms with Gasteiger partial charge in [-0.3, -0.25) is 4.79 Å². The molecular weight excluding hydrogens is 404 g/mol. The number of nitrogens with zero attached hydrogens (tertiary/aromatic N) is 1. The van der Waals surface area contributed by atoms with Crippen molar-refractivity contribution in [3.05, 3.63) is 76.5 Å². The highest BCUT2D eigenvalue weighted by Gasteiger charge is 2.42. The summed E-state index contributed by atoms with van der Waals surface area (Å²) in [5.41, 5.74) is 4.88. The minimum Gasteiger partial charge on any atom is -0.468 e. The number of carbonyl (C=O) groups excluding carboxylic acids is 2. The minimum absolute atomic E-state index is 0.0317. The number of nitrogens with one attached hydrogen (secondary N) is 1. The molecule has 2 atom stereocenters. The Morgan fingerprint density at radius 2 is 1.88 bits per heavy atom. The van der Waals surface area contributed by atoms with Gasteiger partial charge < -0.3 is 19.4 Å². The summed E-state index contributed by atoms with van der Waals surface area (Å²) in [4.78, 5) is 28.5. The molecule has 0 radical (unpaired) electrons. The van der Waals surface area contributed by atoms with E-state index in [1.54, 1.807) is 12.3 Å². The highest BCUT2D eigenvalue weighted by atomic mass is 16.5. The van der Waals surface area contributed by atoms with Crippen LogP contribution >= 0.6 is 0 Å². The Labute approximate surface area is 188 Å². The van der Waals surface area contributed by atoms with Crippen LogP contribution < -0.4 is 10.2 Å². The van der Waals surface area contributed by atoms with Crippen LogP contribution in [0.15, 0.2) is 69.6 Å². The molecule has 6 nitrogen and oxygen atoms in total. The Morgan fingerprint density at radius 3 is 2.47 bits per heavy atom. The van der Waals surface area contributed by atoms with Gasteiger partial charge in [-0.15, -0.1) is 0 Å². The van der Waals surface area contributed by atoms with Crippen molar-refractivity contribution < 1.29 is 18.7 Å². The number of rotatable bonds is 5. The molecule has 2 aliphatic rings. The molecule has 1 N–H and O–H groups in total. The van der Waals surface area contributed by atoms with Gasteiger partial charge in [0.05, 0.1) is 23.9 Å². The normalized spacial score (nSPS) is 20.9. The second kappa shape index (κ2) is 8.69. The van der Waals surface area contributed by atoms with Gasteiger partial charge in [0.15, 0.2) is 5.78 Å². The molecule has 168 valence electrons. The standard InChI is InChI=1S/C26H30N2O4/c1-15(2)32-26(30)23-16(3)27-20-13-18(17-8-10-19(11-9-17)28(4)5)14-21(29)24(20)25(23)22-7-6-12-31-22/h6-12,15,18,25,27H,13-14H2,1-5H3. The summed E-state index contributed by atoms with van der Waals surface area (Å²) in [5.74, 6) is -0.288. The topological polar surface area (TPSA) is 71.8 Å². The third-order valence-electron chi connectivity index (χ3n) is 6.10. The lowest BCUT2D eigenvalue weighted by atomic mass is 9.73. The van der Waals surface area contributed by atoms with Crippen LogP contribution in [0.5, 0.6) is 0 Å². The zero-order chi connectivity index (χ0) is 23.0. The van der Waals surface area contributed by atoms with E-state index in [4.69, 9.17) is 9.15 Å². The van der Waals surface area contributed by atoms with Crippen molar-refractivity contribution in [3.63, 3.8) is 0 Å². The lowest BCUT2D eigenvalue weighted by Crippen LogP contribution is -2.36. The number of hydrogen-bond donors (Lipinski definition) is 1. The van der Waals surface area contributed by atoms with Crippen molar-refractivity contribution in [2.24, 2.45) is 0 Å². The second-order valence-corrected chi connectivity index (χ2v) is 8.97. The van der Waals surface area contributed by atoms with Crippen molar-refractivity contribution in [2.45, 2.75) is 51.6 Å². The van der Waals surface area contributed by atoms with Crippen LogP contribution in [0.2, 0.25) is 0 Å². The zero-order valence-corrected chi connectivity index (χ0v) is 19.3. The van der Waals surface area contributed by atoms with Crippen LogP contribution in [0, 0.1) is 0 Å². The van der Waals surface area contributed by atoms with Crippen molar-refractivity contribution in [1.82, 2.24) is 5.32 Å². The Balaban J connectivity index is 1.71. The second-order valence-electron chi connectivity index (χ2n) is 8.97. The average Bonchev–Trinajstić information content (AvgIpc) is 3.26. The lowest BCUT2D eigenvalue weighted by molar-refractivity contribution is -0.143. The summed E-state index contributed by atoms with van der Waals surface area (Å²) in [6, 6.07) is 11.9. The number of carbonyl (C=O) groups is 2. The molecule has 0 fully saturated rings. The molecule has 0 spiro atoms. The molecule has 0 bridgehead atoms. The molecule has 1 aliphatic carbocycles. The molecule has 0 saturated carbocycles. The van der Waals surface area contributed by atoms with E-state index in [9.17, 15) is 9.59 Å². The minimum atomic E-state index is -0.558. The van der Waals surface area contributed by atoms with Crippen LogP contribution in [0.3, 0.4) is 0 Å². The van der Waals surface area contributed by atoms with E-state index in [-0.39, 0.29) is 17.8 Å². The van der Waals surface area contributed by atoms with Crippen molar-refractivity contribution in [3.8, 4) is 0 Å². The van der Waals surface area contributed by atoms with E-state index < -0.39 is 11.9 Å². The summed E-state index contributed by atoms with van der Waals surface area (Å²) in [6.07, 6.45) is 2.40. The fraction of sp³-hybridized carbons (Fsp3) is 0.385. The van der Waals surface area contributed by atoms with Gasteiger partial charge >= 0.3 is 5.97 Å². The Bertz CT molecular complexity index is 1080. The van der Waals surface area contributed by atoms with Gasteiger partial charge in [0, 0.05) is 43.2 Å². The zero-order valence-electron chi connectivity index (χ0n) is 19.3. The number of allylic oxidation sites excluding steroid dienone is 3. The van der Waals surface area contributed by atoms with Gasteiger partial charge in [-0.05, 0) is 62.9 Å². The van der Waals surface area contributed by atoms with Gasteiger partial charge in [0.1, 0.15) is 5.76 Å². The maximum absolute atomic E-state index is 13.5. The SMILES string of the molecule is CC1=C(C(=O)OC(C)C)C(c2ccco2)C2=C(CC(c3ccc(N(C)C)cc3)CC2=O)N1. The van der Waals surface area contributed by atoms with E-state index in [1.165, 1.54) is 0 Å². The number of benzene rings is 1. The number of esters is 1. The first-order valence-corrected chi connectivity index (χ1v) is 11.0. The summed E-state index contributed by atoms with van der Waals surface area (Å²) in [5, 5.41) is 3.36. The first-order valence-electron chi connectivity index (χ1n) is 11.0. The molecule has 1 aromatic carbocycles. The molecule has 2 unspecified atom stereocenters. The van der Waals surface area contributed by atoms with Crippen LogP contribution in [0.1, 0.15) is 56.8 Å². The van der Waals surface area contributed by atoms with Gasteiger partial charge in [-0.2, -0.15) is 0 Å². The first kappa shape index (κ1) is 21.9. The fourth-order valence-corrected chi connectivity index (χ4v) is 4.61. The fourth-order valence-electron chi connectivity index (χ4n) is 4.61. The highest BCUT2D eigenvalue weighted by molar-refractivity contribution is 6.04.